The molecule has 0 atom stereocenters. The van der Waals surface area contributed by atoms with Crippen molar-refractivity contribution in [3.8, 4) is 11.5 Å². The van der Waals surface area contributed by atoms with Gasteiger partial charge >= 0.3 is 0 Å². The number of rotatable bonds is 4. The minimum absolute atomic E-state index is 0.291. The molecule has 1 aromatic heterocycles. The van der Waals surface area contributed by atoms with Crippen LogP contribution >= 0.6 is 22.9 Å². The van der Waals surface area contributed by atoms with Crippen LogP contribution in [0.3, 0.4) is 0 Å². The second-order valence-electron chi connectivity index (χ2n) is 7.54. The molecule has 6 nitrogen and oxygen atoms in total. The average molecular weight is 479 g/mol. The normalized spacial score (nSPS) is 12.4. The summed E-state index contributed by atoms with van der Waals surface area (Å²) in [4.78, 5) is 26.2. The van der Waals surface area contributed by atoms with Crippen molar-refractivity contribution < 1.29 is 19.1 Å². The number of thiophene rings is 1. The van der Waals surface area contributed by atoms with Crippen molar-refractivity contribution in [1.29, 1.82) is 0 Å². The van der Waals surface area contributed by atoms with Gasteiger partial charge in [-0.3, -0.25) is 9.59 Å². The van der Waals surface area contributed by atoms with E-state index in [4.69, 9.17) is 21.1 Å². The molecule has 2 amide bonds. The molecule has 8 heteroatoms. The van der Waals surface area contributed by atoms with Crippen LogP contribution in [-0.2, 0) is 0 Å². The van der Waals surface area contributed by atoms with Gasteiger partial charge in [0.25, 0.3) is 11.8 Å². The number of benzene rings is 3. The lowest BCUT2D eigenvalue weighted by Gasteiger charge is -2.18. The van der Waals surface area contributed by atoms with Crippen LogP contribution in [0.1, 0.15) is 25.6 Å². The van der Waals surface area contributed by atoms with Gasteiger partial charge in [0, 0.05) is 27.0 Å². The Morgan fingerprint density at radius 2 is 1.70 bits per heavy atom. The average Bonchev–Trinajstić information content (AvgIpc) is 3.17. The Hall–Kier alpha value is -3.55. The van der Waals surface area contributed by atoms with E-state index in [0.29, 0.717) is 51.6 Å². The fourth-order valence-corrected chi connectivity index (χ4v) is 4.97. The van der Waals surface area contributed by atoms with Gasteiger partial charge in [0.15, 0.2) is 11.5 Å². The highest BCUT2D eigenvalue weighted by atomic mass is 35.5. The number of hydrogen-bond acceptors (Lipinski definition) is 5. The van der Waals surface area contributed by atoms with E-state index in [9.17, 15) is 9.59 Å². The number of carbonyl (C=O) groups excluding carboxylic acids is 2. The van der Waals surface area contributed by atoms with E-state index in [0.717, 1.165) is 15.6 Å². The summed E-state index contributed by atoms with van der Waals surface area (Å²) >= 11 is 7.79. The molecule has 0 fully saturated rings. The minimum Gasteiger partial charge on any atom is -0.486 e. The molecule has 3 aromatic carbocycles. The van der Waals surface area contributed by atoms with Crippen LogP contribution in [0.2, 0.25) is 5.02 Å². The first-order valence-corrected chi connectivity index (χ1v) is 11.5. The van der Waals surface area contributed by atoms with Gasteiger partial charge in [-0.05, 0) is 48.9 Å². The third-order valence-electron chi connectivity index (χ3n) is 5.29. The molecule has 1 aliphatic heterocycles. The van der Waals surface area contributed by atoms with E-state index in [1.807, 2.05) is 37.3 Å². The lowest BCUT2D eigenvalue weighted by Crippen LogP contribution is -2.17. The largest absolute Gasteiger partial charge is 0.486 e. The molecule has 2 heterocycles. The Balaban J connectivity index is 1.35. The minimum atomic E-state index is -0.292. The van der Waals surface area contributed by atoms with E-state index in [1.54, 1.807) is 30.3 Å². The second-order valence-corrected chi connectivity index (χ2v) is 8.97. The quantitative estimate of drug-likeness (QED) is 0.369. The molecule has 0 bridgehead atoms. The van der Waals surface area contributed by atoms with Crippen molar-refractivity contribution in [2.24, 2.45) is 0 Å². The lowest BCUT2D eigenvalue weighted by atomic mass is 10.1. The van der Waals surface area contributed by atoms with Gasteiger partial charge in [0.1, 0.15) is 18.1 Å². The summed E-state index contributed by atoms with van der Waals surface area (Å²) in [5, 5.41) is 7.08. The molecule has 4 aromatic rings. The molecular weight excluding hydrogens is 460 g/mol. The molecule has 0 saturated heterocycles. The van der Waals surface area contributed by atoms with Crippen molar-refractivity contribution in [2.75, 3.05) is 23.8 Å². The number of fused-ring (bicyclic) bond motifs is 2. The standard InChI is InChI=1S/C25H19ClN2O4S/c1-14-6-8-16(27-24(29)15-7-9-19-20(12-15)32-11-10-31-19)13-18(14)28-25(30)23-22(26)17-4-2-3-5-21(17)33-23/h2-9,12-13H,10-11H2,1H3,(H,27,29)(H,28,30). The number of amides is 2. The van der Waals surface area contributed by atoms with E-state index < -0.39 is 0 Å². The highest BCUT2D eigenvalue weighted by Crippen LogP contribution is 2.36. The van der Waals surface area contributed by atoms with Crippen molar-refractivity contribution >= 4 is 56.2 Å². The van der Waals surface area contributed by atoms with E-state index in [1.165, 1.54) is 11.3 Å². The van der Waals surface area contributed by atoms with Crippen molar-refractivity contribution in [2.45, 2.75) is 6.92 Å². The van der Waals surface area contributed by atoms with Gasteiger partial charge in [-0.15, -0.1) is 11.3 Å². The Morgan fingerprint density at radius 1 is 0.909 bits per heavy atom. The first-order chi connectivity index (χ1) is 16.0. The van der Waals surface area contributed by atoms with Crippen LogP contribution in [0.15, 0.2) is 60.7 Å². The van der Waals surface area contributed by atoms with E-state index >= 15 is 0 Å². The molecule has 2 N–H and O–H groups in total. The summed E-state index contributed by atoms with van der Waals surface area (Å²) in [6.45, 7) is 2.82. The lowest BCUT2D eigenvalue weighted by molar-refractivity contribution is 0.102. The zero-order valence-corrected chi connectivity index (χ0v) is 19.2. The van der Waals surface area contributed by atoms with Crippen LogP contribution < -0.4 is 20.1 Å². The van der Waals surface area contributed by atoms with Crippen LogP contribution in [0.25, 0.3) is 10.1 Å². The van der Waals surface area contributed by atoms with Crippen molar-refractivity contribution in [3.05, 3.63) is 81.7 Å². The predicted octanol–water partition coefficient (Wildman–Crippen LogP) is 6.14. The summed E-state index contributed by atoms with van der Waals surface area (Å²) < 4.78 is 12.0. The van der Waals surface area contributed by atoms with Crippen molar-refractivity contribution in [1.82, 2.24) is 0 Å². The molecular formula is C25H19ClN2O4S. The maximum absolute atomic E-state index is 12.9. The number of halogens is 1. The summed E-state index contributed by atoms with van der Waals surface area (Å²) in [5.41, 5.74) is 2.45. The van der Waals surface area contributed by atoms with Crippen LogP contribution in [0, 0.1) is 6.92 Å². The van der Waals surface area contributed by atoms with Crippen LogP contribution in [0.5, 0.6) is 11.5 Å². The fourth-order valence-electron chi connectivity index (χ4n) is 3.56. The molecule has 0 unspecified atom stereocenters. The first-order valence-electron chi connectivity index (χ1n) is 10.3. The van der Waals surface area contributed by atoms with Gasteiger partial charge in [-0.25, -0.2) is 0 Å². The number of carbonyl (C=O) groups is 2. The van der Waals surface area contributed by atoms with E-state index in [-0.39, 0.29) is 11.8 Å². The molecule has 166 valence electrons. The number of nitrogens with one attached hydrogen (secondary N) is 2. The summed E-state index contributed by atoms with van der Waals surface area (Å²) in [6.07, 6.45) is 0. The highest BCUT2D eigenvalue weighted by Gasteiger charge is 2.19. The first kappa shape index (κ1) is 21.3. The second kappa shape index (κ2) is 8.77. The molecule has 0 radical (unpaired) electrons. The summed E-state index contributed by atoms with van der Waals surface area (Å²) in [7, 11) is 0. The molecule has 33 heavy (non-hydrogen) atoms. The monoisotopic (exact) mass is 478 g/mol. The Kier molecular flexibility index (Phi) is 5.66. The van der Waals surface area contributed by atoms with Crippen LogP contribution in [-0.4, -0.2) is 25.0 Å². The molecule has 0 spiro atoms. The third-order valence-corrected chi connectivity index (χ3v) is 6.96. The molecule has 1 aliphatic rings. The van der Waals surface area contributed by atoms with Gasteiger partial charge < -0.3 is 20.1 Å². The Morgan fingerprint density at radius 3 is 2.52 bits per heavy atom. The van der Waals surface area contributed by atoms with Gasteiger partial charge in [0.2, 0.25) is 0 Å². The third kappa shape index (κ3) is 4.25. The zero-order chi connectivity index (χ0) is 22.9. The molecule has 0 aliphatic carbocycles. The number of aryl methyl sites for hydroxylation is 1. The maximum Gasteiger partial charge on any atom is 0.267 e. The summed E-state index contributed by atoms with van der Waals surface area (Å²) in [5.74, 6) is 0.587. The Bertz CT molecular complexity index is 1400. The summed E-state index contributed by atoms with van der Waals surface area (Å²) in [6, 6.07) is 18.0. The fraction of sp³-hybridized carbons (Fsp3) is 0.120. The molecule has 0 saturated carbocycles. The van der Waals surface area contributed by atoms with Crippen LogP contribution in [0.4, 0.5) is 11.4 Å². The number of ether oxygens (including phenoxy) is 2. The van der Waals surface area contributed by atoms with E-state index in [2.05, 4.69) is 10.6 Å². The predicted molar refractivity (Wildman–Crippen MR) is 131 cm³/mol. The van der Waals surface area contributed by atoms with Gasteiger partial charge in [0.05, 0.1) is 5.02 Å². The van der Waals surface area contributed by atoms with Gasteiger partial charge in [-0.2, -0.15) is 0 Å². The smallest absolute Gasteiger partial charge is 0.267 e. The Labute approximate surface area is 199 Å². The zero-order valence-electron chi connectivity index (χ0n) is 17.6. The van der Waals surface area contributed by atoms with Crippen molar-refractivity contribution in [3.63, 3.8) is 0 Å². The topological polar surface area (TPSA) is 76.7 Å². The van der Waals surface area contributed by atoms with Gasteiger partial charge in [-0.1, -0.05) is 35.9 Å². The maximum atomic E-state index is 12.9. The highest BCUT2D eigenvalue weighted by molar-refractivity contribution is 7.21. The number of hydrogen-bond donors (Lipinski definition) is 2. The molecule has 5 rings (SSSR count). The SMILES string of the molecule is Cc1ccc(NC(=O)c2ccc3c(c2)OCCO3)cc1NC(=O)c1sc2ccccc2c1Cl. The number of anilines is 2.